The van der Waals surface area contributed by atoms with Crippen LogP contribution < -0.4 is 10.6 Å². The average Bonchev–Trinajstić information content (AvgIpc) is 2.98. The van der Waals surface area contributed by atoms with E-state index in [1.54, 1.807) is 37.3 Å². The van der Waals surface area contributed by atoms with Crippen molar-refractivity contribution in [3.63, 3.8) is 0 Å². The number of aryl methyl sites for hydroxylation is 1. The normalized spacial score (nSPS) is 16.6. The van der Waals surface area contributed by atoms with Crippen LogP contribution in [0.25, 0.3) is 0 Å². The van der Waals surface area contributed by atoms with Crippen LogP contribution in [0.4, 0.5) is 5.00 Å². The molecule has 1 aromatic carbocycles. The molecule has 9 heteroatoms. The lowest BCUT2D eigenvalue weighted by molar-refractivity contribution is -0.140. The average molecular weight is 407 g/mol. The Morgan fingerprint density at radius 1 is 1.30 bits per heavy atom. The van der Waals surface area contributed by atoms with Crippen LogP contribution in [0.3, 0.4) is 0 Å². The summed E-state index contributed by atoms with van der Waals surface area (Å²) in [5.41, 5.74) is 0.921. The number of hydrogen-bond acceptors (Lipinski definition) is 6. The van der Waals surface area contributed by atoms with E-state index in [2.05, 4.69) is 10.6 Å². The van der Waals surface area contributed by atoms with Gasteiger partial charge in [-0.1, -0.05) is 23.7 Å². The van der Waals surface area contributed by atoms with Gasteiger partial charge in [0.2, 0.25) is 5.91 Å². The number of benzene rings is 1. The number of halogens is 1. The Hall–Kier alpha value is -2.71. The molecule has 1 fully saturated rings. The summed E-state index contributed by atoms with van der Waals surface area (Å²) < 4.78 is 5.21. The van der Waals surface area contributed by atoms with Crippen LogP contribution >= 0.6 is 22.9 Å². The maximum absolute atomic E-state index is 12.4. The second-order valence-electron chi connectivity index (χ2n) is 5.90. The molecule has 7 nitrogen and oxygen atoms in total. The molecule has 3 amide bonds. The van der Waals surface area contributed by atoms with Crippen LogP contribution in [0.1, 0.15) is 38.4 Å². The molecule has 0 aliphatic carbocycles. The third-order valence-corrected chi connectivity index (χ3v) is 5.36. The van der Waals surface area contributed by atoms with Crippen molar-refractivity contribution in [3.8, 4) is 0 Å². The van der Waals surface area contributed by atoms with E-state index in [1.807, 2.05) is 0 Å². The summed E-state index contributed by atoms with van der Waals surface area (Å²) in [6.07, 6.45) is -0.735. The first kappa shape index (κ1) is 19.1. The second-order valence-corrected chi connectivity index (χ2v) is 7.36. The van der Waals surface area contributed by atoms with Gasteiger partial charge in [0.15, 0.2) is 6.10 Å². The highest BCUT2D eigenvalue weighted by atomic mass is 35.5. The van der Waals surface area contributed by atoms with E-state index >= 15 is 0 Å². The van der Waals surface area contributed by atoms with Crippen molar-refractivity contribution in [1.29, 1.82) is 0 Å². The first-order chi connectivity index (χ1) is 12.8. The minimum absolute atomic E-state index is 0.117. The van der Waals surface area contributed by atoms with Gasteiger partial charge in [0.1, 0.15) is 4.88 Å². The molecule has 140 valence electrons. The Labute approximate surface area is 163 Å². The molecule has 2 aromatic rings. The lowest BCUT2D eigenvalue weighted by atomic mass is 10.1. The number of thiophene rings is 1. The lowest BCUT2D eigenvalue weighted by Crippen LogP contribution is -2.45. The fourth-order valence-electron chi connectivity index (χ4n) is 2.54. The maximum Gasteiger partial charge on any atom is 0.349 e. The highest BCUT2D eigenvalue weighted by molar-refractivity contribution is 7.18. The molecular formula is C18H15ClN2O5S. The van der Waals surface area contributed by atoms with Gasteiger partial charge in [-0.2, -0.15) is 0 Å². The van der Waals surface area contributed by atoms with Crippen LogP contribution in [0.5, 0.6) is 0 Å². The molecule has 27 heavy (non-hydrogen) atoms. The Morgan fingerprint density at radius 2 is 2.04 bits per heavy atom. The maximum atomic E-state index is 12.4. The highest BCUT2D eigenvalue weighted by Gasteiger charge is 2.31. The number of imide groups is 1. The summed E-state index contributed by atoms with van der Waals surface area (Å²) in [5, 5.41) is 5.60. The van der Waals surface area contributed by atoms with Crippen molar-refractivity contribution >= 4 is 51.6 Å². The van der Waals surface area contributed by atoms with E-state index in [1.165, 1.54) is 0 Å². The summed E-state index contributed by atoms with van der Waals surface area (Å²) in [7, 11) is 0. The van der Waals surface area contributed by atoms with Gasteiger partial charge in [-0.3, -0.25) is 19.7 Å². The molecule has 2 N–H and O–H groups in total. The SMILES string of the molecule is Cc1cc(NC(=O)c2ccccc2Cl)sc1C(=O)OC1CCC(=O)NC1=O. The van der Waals surface area contributed by atoms with Gasteiger partial charge < -0.3 is 10.1 Å². The fraction of sp³-hybridized carbons (Fsp3) is 0.222. The summed E-state index contributed by atoms with van der Waals surface area (Å²) in [5.74, 6) is -2.08. The van der Waals surface area contributed by atoms with Gasteiger partial charge in [-0.25, -0.2) is 4.79 Å². The van der Waals surface area contributed by atoms with E-state index in [4.69, 9.17) is 16.3 Å². The van der Waals surface area contributed by atoms with Crippen LogP contribution in [0, 0.1) is 6.92 Å². The van der Waals surface area contributed by atoms with Gasteiger partial charge in [-0.15, -0.1) is 11.3 Å². The predicted octanol–water partition coefficient (Wildman–Crippen LogP) is 2.92. The Kier molecular flexibility index (Phi) is 5.57. The van der Waals surface area contributed by atoms with Crippen LogP contribution in [-0.2, 0) is 14.3 Å². The number of esters is 1. The number of nitrogens with one attached hydrogen (secondary N) is 2. The van der Waals surface area contributed by atoms with Crippen molar-refractivity contribution in [1.82, 2.24) is 5.32 Å². The molecule has 1 aromatic heterocycles. The standard InChI is InChI=1S/C18H15ClN2O5S/c1-9-8-14(21-16(23)10-4-2-3-5-11(10)19)27-15(9)18(25)26-12-6-7-13(22)20-17(12)24/h2-5,8,12H,6-7H2,1H3,(H,21,23)(H,20,22,24). The monoisotopic (exact) mass is 406 g/mol. The number of carbonyl (C=O) groups is 4. The van der Waals surface area contributed by atoms with Crippen LogP contribution in [0.15, 0.2) is 30.3 Å². The number of rotatable bonds is 4. The quantitative estimate of drug-likeness (QED) is 0.600. The van der Waals surface area contributed by atoms with Crippen molar-refractivity contribution in [2.24, 2.45) is 0 Å². The molecule has 1 aliphatic heterocycles. The molecule has 0 radical (unpaired) electrons. The van der Waals surface area contributed by atoms with Crippen molar-refractivity contribution in [2.45, 2.75) is 25.9 Å². The number of piperidine rings is 1. The van der Waals surface area contributed by atoms with E-state index < -0.39 is 23.9 Å². The van der Waals surface area contributed by atoms with Crippen LogP contribution in [-0.4, -0.2) is 29.8 Å². The van der Waals surface area contributed by atoms with Crippen LogP contribution in [0.2, 0.25) is 5.02 Å². The fourth-order valence-corrected chi connectivity index (χ4v) is 3.71. The van der Waals surface area contributed by atoms with Gasteiger partial charge in [-0.05, 0) is 30.7 Å². The number of anilines is 1. The first-order valence-electron chi connectivity index (χ1n) is 8.06. The third-order valence-electron chi connectivity index (χ3n) is 3.90. The molecule has 0 bridgehead atoms. The zero-order valence-electron chi connectivity index (χ0n) is 14.2. The summed E-state index contributed by atoms with van der Waals surface area (Å²) in [6, 6.07) is 8.26. The smallest absolute Gasteiger partial charge is 0.349 e. The highest BCUT2D eigenvalue weighted by Crippen LogP contribution is 2.29. The predicted molar refractivity (Wildman–Crippen MR) is 100 cm³/mol. The molecule has 2 heterocycles. The summed E-state index contributed by atoms with van der Waals surface area (Å²) in [4.78, 5) is 47.8. The first-order valence-corrected chi connectivity index (χ1v) is 9.25. The minimum Gasteiger partial charge on any atom is -0.448 e. The van der Waals surface area contributed by atoms with E-state index in [-0.39, 0.29) is 23.6 Å². The van der Waals surface area contributed by atoms with E-state index in [0.29, 0.717) is 21.2 Å². The molecule has 0 spiro atoms. The molecule has 1 saturated heterocycles. The number of amides is 3. The number of ether oxygens (including phenoxy) is 1. The van der Waals surface area contributed by atoms with Gasteiger partial charge in [0.05, 0.1) is 15.6 Å². The zero-order valence-corrected chi connectivity index (χ0v) is 15.8. The molecule has 0 saturated carbocycles. The molecular weight excluding hydrogens is 392 g/mol. The lowest BCUT2D eigenvalue weighted by Gasteiger charge is -2.20. The largest absolute Gasteiger partial charge is 0.448 e. The number of hydrogen-bond donors (Lipinski definition) is 2. The van der Waals surface area contributed by atoms with E-state index in [9.17, 15) is 19.2 Å². The molecule has 1 aliphatic rings. The third kappa shape index (κ3) is 4.35. The zero-order chi connectivity index (χ0) is 19.6. The van der Waals surface area contributed by atoms with Gasteiger partial charge in [0.25, 0.3) is 11.8 Å². The summed E-state index contributed by atoms with van der Waals surface area (Å²) in [6.45, 7) is 1.70. The van der Waals surface area contributed by atoms with Crippen molar-refractivity contribution in [3.05, 3.63) is 51.4 Å². The molecule has 1 unspecified atom stereocenters. The van der Waals surface area contributed by atoms with Crippen molar-refractivity contribution < 1.29 is 23.9 Å². The molecule has 1 atom stereocenters. The Balaban J connectivity index is 1.70. The topological polar surface area (TPSA) is 102 Å². The molecule has 3 rings (SSSR count). The second kappa shape index (κ2) is 7.89. The van der Waals surface area contributed by atoms with Gasteiger partial charge in [0, 0.05) is 12.8 Å². The van der Waals surface area contributed by atoms with Crippen molar-refractivity contribution in [2.75, 3.05) is 5.32 Å². The Bertz CT molecular complexity index is 940. The van der Waals surface area contributed by atoms with E-state index in [0.717, 1.165) is 11.3 Å². The van der Waals surface area contributed by atoms with Gasteiger partial charge >= 0.3 is 5.97 Å². The number of carbonyl (C=O) groups excluding carboxylic acids is 4. The minimum atomic E-state index is -1.00. The summed E-state index contributed by atoms with van der Waals surface area (Å²) >= 11 is 7.05. The Morgan fingerprint density at radius 3 is 2.74 bits per heavy atom.